The minimum Gasteiger partial charge on any atom is -0.505 e. The van der Waals surface area contributed by atoms with Gasteiger partial charge in [0.15, 0.2) is 11.4 Å². The number of fused-ring (bicyclic) bond motifs is 1. The largest absolute Gasteiger partial charge is 0.505 e. The number of aliphatic hydroxyl groups excluding tert-OH is 2. The van der Waals surface area contributed by atoms with Gasteiger partial charge in [-0.1, -0.05) is 0 Å². The van der Waals surface area contributed by atoms with Crippen LogP contribution in [0.4, 0.5) is 39.8 Å². The lowest BCUT2D eigenvalue weighted by Crippen LogP contribution is -2.04. The number of nitro benzene ring substituents is 1. The molecule has 7 N–H and O–H groups in total. The summed E-state index contributed by atoms with van der Waals surface area (Å²) in [7, 11) is -13.8. The maximum Gasteiger partial charge on any atom is 0.297 e. The summed E-state index contributed by atoms with van der Waals surface area (Å²) >= 11 is 0. The molecular weight excluding hydrogens is 955 g/mol. The van der Waals surface area contributed by atoms with Crippen LogP contribution in [-0.2, 0) is 30.4 Å². The van der Waals surface area contributed by atoms with Crippen LogP contribution in [0.1, 0.15) is 5.69 Å². The van der Waals surface area contributed by atoms with Crippen LogP contribution in [0, 0.1) is 17.0 Å². The molecule has 5 aromatic carbocycles. The first-order valence-electron chi connectivity index (χ1n) is 18.4. The van der Waals surface area contributed by atoms with Gasteiger partial charge >= 0.3 is 0 Å². The second kappa shape index (κ2) is 19.5. The fourth-order valence-corrected chi connectivity index (χ4v) is 7.88. The zero-order valence-electron chi connectivity index (χ0n) is 34.1. The number of ether oxygens (including phenoxy) is 3. The number of aryl methyl sites for hydroxylation is 1. The molecule has 0 unspecified atom stereocenters. The van der Waals surface area contributed by atoms with Crippen LogP contribution in [0.2, 0.25) is 0 Å². The molecule has 0 bridgehead atoms. The van der Waals surface area contributed by atoms with Crippen LogP contribution in [0.3, 0.4) is 0 Å². The van der Waals surface area contributed by atoms with Gasteiger partial charge in [-0.05, 0) is 54.8 Å². The Bertz CT molecular complexity index is 3380. The van der Waals surface area contributed by atoms with E-state index in [2.05, 4.69) is 35.8 Å². The van der Waals surface area contributed by atoms with E-state index >= 15 is 0 Å². The number of phenolic OH excluding ortho intramolecular Hbond substituents is 1. The average molecular weight is 988 g/mol. The Kier molecular flexibility index (Phi) is 14.2. The maximum atomic E-state index is 12.8. The predicted octanol–water partition coefficient (Wildman–Crippen LogP) is 6.39. The molecule has 30 heteroatoms. The summed E-state index contributed by atoms with van der Waals surface area (Å²) in [5, 5.41) is 80.1. The van der Waals surface area contributed by atoms with Gasteiger partial charge in [0.1, 0.15) is 73.6 Å². The van der Waals surface area contributed by atoms with Crippen LogP contribution < -0.4 is 14.2 Å². The summed E-state index contributed by atoms with van der Waals surface area (Å²) in [5.41, 5.74) is -3.08. The molecule has 0 aliphatic carbocycles. The first-order valence-corrected chi connectivity index (χ1v) is 22.8. The highest BCUT2D eigenvalue weighted by atomic mass is 32.2. The molecule has 0 fully saturated rings. The highest BCUT2D eigenvalue weighted by Gasteiger charge is 2.25. The highest BCUT2D eigenvalue weighted by molar-refractivity contribution is 7.86. The molecule has 1 heterocycles. The normalized spacial score (nSPS) is 12.5. The zero-order valence-corrected chi connectivity index (χ0v) is 36.6. The van der Waals surface area contributed by atoms with E-state index in [1.54, 1.807) is 0 Å². The predicted molar refractivity (Wildman–Crippen MR) is 229 cm³/mol. The summed E-state index contributed by atoms with van der Waals surface area (Å²) in [5.74, 6) is -1.86. The van der Waals surface area contributed by atoms with Crippen LogP contribution in [-0.4, -0.2) is 108 Å². The first kappa shape index (κ1) is 48.9. The molecule has 6 rings (SSSR count). The van der Waals surface area contributed by atoms with E-state index in [1.165, 1.54) is 44.4 Å². The Morgan fingerprint density at radius 2 is 1.18 bits per heavy atom. The minimum atomic E-state index is -5.22. The molecule has 0 radical (unpaired) electrons. The molecule has 0 amide bonds. The standard InChI is InChI=1S/C37H33N9O18S3/c1-19-34(42-39-25-7-4-22(46(51)52)15-31(25)65(53,54)55)37(50)45(44-19)21-3-6-24-20(13-21)14-33(67(59,60)61)35(36(24)49)43-41-28-18-29(63-11-9-47)27(17-30(28)64-12-10-48)40-38-26-8-5-23(62-2)16-32(26)66(56,57)58/h3-8,13-18,47-50H,9-12H2,1-2H3,(H,53,54,55)(H,56,57,58)(H,59,60,61). The third-order valence-corrected chi connectivity index (χ3v) is 11.6. The van der Waals surface area contributed by atoms with Gasteiger partial charge in [0.25, 0.3) is 36.0 Å². The number of hydrogen-bond donors (Lipinski definition) is 7. The van der Waals surface area contributed by atoms with Gasteiger partial charge in [-0.2, -0.15) is 35.0 Å². The number of aliphatic hydroxyl groups is 2. The van der Waals surface area contributed by atoms with Crippen molar-refractivity contribution in [3.8, 4) is 34.6 Å². The lowest BCUT2D eigenvalue weighted by molar-refractivity contribution is -0.385. The van der Waals surface area contributed by atoms with Crippen molar-refractivity contribution in [2.24, 2.45) is 30.7 Å². The smallest absolute Gasteiger partial charge is 0.297 e. The van der Waals surface area contributed by atoms with Crippen LogP contribution in [0.5, 0.6) is 28.9 Å². The SMILES string of the molecule is COc1ccc(N=Nc2cc(OCCO)c(N=Nc3c(S(=O)(=O)O)cc4cc(-n5nc(C)c(N=Nc6ccc([N+](=O)[O-])cc6S(=O)(=O)O)c5O)ccc4c3O)cc2OCCO)c(S(=O)(=O)O)c1. The fourth-order valence-electron chi connectivity index (χ4n) is 5.94. The molecule has 67 heavy (non-hydrogen) atoms. The summed E-state index contributed by atoms with van der Waals surface area (Å²) in [6, 6.07) is 12.8. The Hall–Kier alpha value is -7.58. The summed E-state index contributed by atoms with van der Waals surface area (Å²) < 4.78 is 120. The van der Waals surface area contributed by atoms with Crippen LogP contribution in [0.25, 0.3) is 16.5 Å². The molecule has 0 aliphatic heterocycles. The van der Waals surface area contributed by atoms with E-state index < -0.39 is 91.9 Å². The summed E-state index contributed by atoms with van der Waals surface area (Å²) in [6.45, 7) is -0.360. The van der Waals surface area contributed by atoms with Gasteiger partial charge < -0.3 is 34.6 Å². The van der Waals surface area contributed by atoms with E-state index in [-0.39, 0.29) is 75.4 Å². The van der Waals surface area contributed by atoms with Crippen LogP contribution >= 0.6 is 0 Å². The van der Waals surface area contributed by atoms with Crippen molar-refractivity contribution in [1.29, 1.82) is 0 Å². The van der Waals surface area contributed by atoms with Crippen molar-refractivity contribution in [3.63, 3.8) is 0 Å². The highest BCUT2D eigenvalue weighted by Crippen LogP contribution is 2.46. The second-order valence-corrected chi connectivity index (χ2v) is 17.5. The number of rotatable bonds is 18. The number of non-ortho nitro benzene ring substituents is 1. The number of aromatic nitrogens is 2. The molecule has 27 nitrogen and oxygen atoms in total. The molecule has 6 aromatic rings. The first-order chi connectivity index (χ1) is 31.5. The van der Waals surface area contributed by atoms with Crippen molar-refractivity contribution in [1.82, 2.24) is 9.78 Å². The topological polar surface area (TPSA) is 407 Å². The fraction of sp³-hybridized carbons (Fsp3) is 0.162. The lowest BCUT2D eigenvalue weighted by atomic mass is 10.1. The number of benzene rings is 5. The summed E-state index contributed by atoms with van der Waals surface area (Å²) in [4.78, 5) is 7.67. The third kappa shape index (κ3) is 10.9. The number of azo groups is 3. The molecule has 0 aliphatic rings. The number of aromatic hydroxyl groups is 2. The average Bonchev–Trinajstić information content (AvgIpc) is 3.56. The molecule has 0 saturated heterocycles. The van der Waals surface area contributed by atoms with Gasteiger partial charge in [-0.3, -0.25) is 23.8 Å². The maximum absolute atomic E-state index is 12.8. The molecule has 352 valence electrons. The minimum absolute atomic E-state index is 0.000720. The van der Waals surface area contributed by atoms with Crippen molar-refractivity contribution in [2.45, 2.75) is 21.6 Å². The van der Waals surface area contributed by atoms with Crippen molar-refractivity contribution in [2.75, 3.05) is 33.5 Å². The van der Waals surface area contributed by atoms with Gasteiger partial charge in [-0.25, -0.2) is 0 Å². The Morgan fingerprint density at radius 1 is 0.657 bits per heavy atom. The second-order valence-electron chi connectivity index (χ2n) is 13.3. The van der Waals surface area contributed by atoms with Gasteiger partial charge in [0.05, 0.1) is 36.6 Å². The van der Waals surface area contributed by atoms with E-state index in [1.807, 2.05) is 0 Å². The van der Waals surface area contributed by atoms with Crippen LogP contribution in [0.15, 0.2) is 118 Å². The van der Waals surface area contributed by atoms with E-state index in [4.69, 9.17) is 14.2 Å². The Labute approximate surface area is 377 Å². The van der Waals surface area contributed by atoms with E-state index in [0.717, 1.165) is 41.1 Å². The number of nitrogens with zero attached hydrogens (tertiary/aromatic N) is 9. The zero-order chi connectivity index (χ0) is 49.0. The van der Waals surface area contributed by atoms with Gasteiger partial charge in [-0.15, -0.1) is 30.7 Å². The van der Waals surface area contributed by atoms with Crippen molar-refractivity contribution >= 4 is 80.9 Å². The molecule has 0 atom stereocenters. The Balaban J connectivity index is 1.41. The number of phenols is 1. The molecule has 1 aromatic heterocycles. The van der Waals surface area contributed by atoms with Crippen molar-refractivity contribution in [3.05, 3.63) is 88.6 Å². The van der Waals surface area contributed by atoms with E-state index in [0.29, 0.717) is 6.07 Å². The van der Waals surface area contributed by atoms with E-state index in [9.17, 15) is 69.5 Å². The molecule has 0 saturated carbocycles. The van der Waals surface area contributed by atoms with Gasteiger partial charge in [0, 0.05) is 35.7 Å². The quantitative estimate of drug-likeness (QED) is 0.0212. The monoisotopic (exact) mass is 987 g/mol. The number of nitro groups is 1. The lowest BCUT2D eigenvalue weighted by Gasteiger charge is -2.13. The number of hydrogen-bond acceptors (Lipinski definition) is 22. The molecular formula is C37H33N9O18S3. The Morgan fingerprint density at radius 3 is 1.73 bits per heavy atom. The third-order valence-electron chi connectivity index (χ3n) is 8.96. The van der Waals surface area contributed by atoms with Gasteiger partial charge in [0.2, 0.25) is 5.88 Å². The number of methoxy groups -OCH3 is 1. The van der Waals surface area contributed by atoms with Crippen molar-refractivity contribution < 1.29 is 78.5 Å². The molecule has 0 spiro atoms. The summed E-state index contributed by atoms with van der Waals surface area (Å²) in [6.07, 6.45) is 0.